The molecule has 1 saturated heterocycles. The van der Waals surface area contributed by atoms with Crippen molar-refractivity contribution in [2.24, 2.45) is 11.7 Å². The Morgan fingerprint density at radius 1 is 1.30 bits per heavy atom. The van der Waals surface area contributed by atoms with Crippen molar-refractivity contribution in [1.29, 1.82) is 0 Å². The average Bonchev–Trinajstić information content (AvgIpc) is 2.61. The van der Waals surface area contributed by atoms with Crippen LogP contribution >= 0.6 is 0 Å². The van der Waals surface area contributed by atoms with Gasteiger partial charge in [0.05, 0.1) is 24.9 Å². The van der Waals surface area contributed by atoms with Gasteiger partial charge in [-0.3, -0.25) is 9.59 Å². The summed E-state index contributed by atoms with van der Waals surface area (Å²) in [7, 11) is 0. The van der Waals surface area contributed by atoms with Crippen LogP contribution in [0.2, 0.25) is 6.32 Å². The Hall–Kier alpha value is -2.63. The van der Waals surface area contributed by atoms with Crippen molar-refractivity contribution < 1.29 is 38.9 Å². The maximum absolute atomic E-state index is 12.4. The first-order chi connectivity index (χ1) is 14.0. The van der Waals surface area contributed by atoms with Crippen LogP contribution in [0.3, 0.4) is 0 Å². The van der Waals surface area contributed by atoms with E-state index in [0.29, 0.717) is 5.56 Å². The maximum Gasteiger partial charge on any atom is 0.430 e. The molecular weight excluding hydrogens is 395 g/mol. The van der Waals surface area contributed by atoms with Crippen molar-refractivity contribution in [3.8, 4) is 11.5 Å². The number of carbonyl (C=O) groups excluding carboxylic acids is 2. The molecule has 0 radical (unpaired) electrons. The van der Waals surface area contributed by atoms with Crippen molar-refractivity contribution in [3.63, 3.8) is 0 Å². The van der Waals surface area contributed by atoms with Crippen molar-refractivity contribution in [3.05, 3.63) is 23.3 Å². The van der Waals surface area contributed by atoms with E-state index in [1.807, 2.05) is 0 Å². The molecule has 2 aliphatic rings. The first-order valence-corrected chi connectivity index (χ1v) is 9.90. The quantitative estimate of drug-likeness (QED) is 0.436. The Bertz CT molecular complexity index is 866. The second-order valence-corrected chi connectivity index (χ2v) is 8.09. The number of ketones is 1. The summed E-state index contributed by atoms with van der Waals surface area (Å²) in [6.45, 7) is 0.626. The van der Waals surface area contributed by atoms with Crippen LogP contribution in [-0.4, -0.2) is 69.7 Å². The molecule has 0 spiro atoms. The highest BCUT2D eigenvalue weighted by Crippen LogP contribution is 2.39. The Labute approximate surface area is 173 Å². The number of aryl methyl sites for hydroxylation is 1. The number of fused-ring (bicyclic) bond motifs is 1. The number of benzene rings is 1. The molecule has 10 nitrogen and oxygen atoms in total. The number of carboxylic acids is 1. The lowest BCUT2D eigenvalue weighted by Crippen LogP contribution is -2.57. The van der Waals surface area contributed by atoms with Gasteiger partial charge in [-0.1, -0.05) is 19.3 Å². The zero-order chi connectivity index (χ0) is 22.2. The van der Waals surface area contributed by atoms with E-state index in [4.69, 9.17) is 15.1 Å². The highest BCUT2D eigenvalue weighted by Gasteiger charge is 2.37. The molecule has 0 bridgehead atoms. The van der Waals surface area contributed by atoms with E-state index in [1.165, 1.54) is 11.0 Å². The third-order valence-electron chi connectivity index (χ3n) is 5.40. The van der Waals surface area contributed by atoms with Crippen LogP contribution in [0, 0.1) is 5.92 Å². The van der Waals surface area contributed by atoms with Gasteiger partial charge in [0.25, 0.3) is 0 Å². The third kappa shape index (κ3) is 4.58. The van der Waals surface area contributed by atoms with E-state index < -0.39 is 30.8 Å². The fraction of sp³-hybridized carbons (Fsp3) is 0.526. The highest BCUT2D eigenvalue weighted by atomic mass is 16.6. The Kier molecular flexibility index (Phi) is 6.07. The summed E-state index contributed by atoms with van der Waals surface area (Å²) >= 11 is 0. The van der Waals surface area contributed by atoms with Gasteiger partial charge in [-0.2, -0.15) is 0 Å². The minimum absolute atomic E-state index is 0.0183. The number of hydrogen-bond acceptors (Lipinski definition) is 8. The minimum Gasteiger partial charge on any atom is -0.669 e. The molecular formula is C19H26BN2O8-. The van der Waals surface area contributed by atoms with Gasteiger partial charge in [0, 0.05) is 12.3 Å². The van der Waals surface area contributed by atoms with E-state index >= 15 is 0 Å². The molecule has 5 N–H and O–H groups in total. The van der Waals surface area contributed by atoms with Gasteiger partial charge in [0.1, 0.15) is 23.2 Å². The van der Waals surface area contributed by atoms with Crippen LogP contribution in [-0.2, 0) is 16.0 Å². The molecule has 1 amide bonds. The lowest BCUT2D eigenvalue weighted by molar-refractivity contribution is -0.145. The molecule has 11 heteroatoms. The van der Waals surface area contributed by atoms with E-state index in [1.54, 1.807) is 19.9 Å². The number of rotatable bonds is 7. The first kappa shape index (κ1) is 22.1. The van der Waals surface area contributed by atoms with Gasteiger partial charge in [0.15, 0.2) is 0 Å². The molecule has 0 saturated carbocycles. The van der Waals surface area contributed by atoms with Gasteiger partial charge >= 0.3 is 12.7 Å². The molecule has 0 aromatic heterocycles. The molecule has 164 valence electrons. The number of amides is 1. The maximum atomic E-state index is 12.4. The Morgan fingerprint density at radius 2 is 1.97 bits per heavy atom. The monoisotopic (exact) mass is 421 g/mol. The fourth-order valence-electron chi connectivity index (χ4n) is 3.59. The standard InChI is InChI=1S/C19H26BN2O8/c1-10(7-14(23)11(2)21)18(24)22-8-13(9-22)29-15-4-3-12-5-6-20(27,28)30-17(12)16(15)19(25)26/h3-4,10-11,13,27-28H,5-9,21H2,1-2H3,(H,25,26)/q-1/t10-,11-/m1/s1. The van der Waals surface area contributed by atoms with Crippen LogP contribution in [0.1, 0.15) is 36.2 Å². The van der Waals surface area contributed by atoms with Crippen LogP contribution < -0.4 is 15.1 Å². The molecule has 2 heterocycles. The predicted molar refractivity (Wildman–Crippen MR) is 106 cm³/mol. The second kappa shape index (κ2) is 8.25. The zero-order valence-corrected chi connectivity index (χ0v) is 16.9. The van der Waals surface area contributed by atoms with Gasteiger partial charge < -0.3 is 35.2 Å². The van der Waals surface area contributed by atoms with Gasteiger partial charge in [-0.15, -0.1) is 0 Å². The second-order valence-electron chi connectivity index (χ2n) is 8.09. The summed E-state index contributed by atoms with van der Waals surface area (Å²) in [4.78, 5) is 37.5. The van der Waals surface area contributed by atoms with Crippen molar-refractivity contribution in [2.75, 3.05) is 13.1 Å². The molecule has 30 heavy (non-hydrogen) atoms. The summed E-state index contributed by atoms with van der Waals surface area (Å²) in [5, 5.41) is 29.2. The predicted octanol–water partition coefficient (Wildman–Crippen LogP) is -0.225. The number of aromatic carboxylic acids is 1. The molecule has 2 aliphatic heterocycles. The van der Waals surface area contributed by atoms with Gasteiger partial charge in [0.2, 0.25) is 5.91 Å². The topological polar surface area (TPSA) is 160 Å². The molecule has 3 rings (SSSR count). The summed E-state index contributed by atoms with van der Waals surface area (Å²) < 4.78 is 10.9. The number of carboxylic acid groups (broad SMARTS) is 1. The summed E-state index contributed by atoms with van der Waals surface area (Å²) in [5.74, 6) is -2.26. The number of carbonyl (C=O) groups is 3. The molecule has 0 unspecified atom stereocenters. The summed E-state index contributed by atoms with van der Waals surface area (Å²) in [5.41, 5.74) is 5.81. The van der Waals surface area contributed by atoms with E-state index in [9.17, 15) is 29.5 Å². The molecule has 1 aromatic rings. The van der Waals surface area contributed by atoms with Crippen molar-refractivity contribution in [2.45, 2.75) is 45.2 Å². The van der Waals surface area contributed by atoms with Crippen LogP contribution in [0.5, 0.6) is 11.5 Å². The van der Waals surface area contributed by atoms with Crippen LogP contribution in [0.4, 0.5) is 0 Å². The van der Waals surface area contributed by atoms with Crippen LogP contribution in [0.15, 0.2) is 12.1 Å². The lowest BCUT2D eigenvalue weighted by atomic mass is 9.70. The number of nitrogens with zero attached hydrogens (tertiary/aromatic N) is 1. The molecule has 2 atom stereocenters. The van der Waals surface area contributed by atoms with Crippen molar-refractivity contribution in [1.82, 2.24) is 4.90 Å². The lowest BCUT2D eigenvalue weighted by Gasteiger charge is -2.41. The number of ether oxygens (including phenoxy) is 1. The van der Waals surface area contributed by atoms with Gasteiger partial charge in [-0.05, 0) is 25.0 Å². The molecule has 0 aliphatic carbocycles. The van der Waals surface area contributed by atoms with Crippen LogP contribution in [0.25, 0.3) is 0 Å². The Morgan fingerprint density at radius 3 is 2.57 bits per heavy atom. The average molecular weight is 421 g/mol. The third-order valence-corrected chi connectivity index (χ3v) is 5.40. The number of likely N-dealkylation sites (tertiary alicyclic amines) is 1. The smallest absolute Gasteiger partial charge is 0.430 e. The first-order valence-electron chi connectivity index (χ1n) is 9.90. The number of nitrogens with two attached hydrogens (primary N) is 1. The SMILES string of the molecule is C[C@H](CC(=O)[C@@H](C)N)C(=O)N1CC(Oc2ccc3c(c2C(=O)O)O[B-](O)(O)CC3)C1. The van der Waals surface area contributed by atoms with E-state index in [0.717, 1.165) is 0 Å². The number of Topliss-reactive ketones (excluding diaryl/α,β-unsaturated/α-hetero) is 1. The van der Waals surface area contributed by atoms with E-state index in [-0.39, 0.29) is 61.0 Å². The minimum atomic E-state index is -3.12. The highest BCUT2D eigenvalue weighted by molar-refractivity contribution is 6.59. The fourth-order valence-corrected chi connectivity index (χ4v) is 3.59. The number of hydrogen-bond donors (Lipinski definition) is 4. The molecule has 1 aromatic carbocycles. The Balaban J connectivity index is 1.66. The zero-order valence-electron chi connectivity index (χ0n) is 16.9. The van der Waals surface area contributed by atoms with E-state index in [2.05, 4.69) is 0 Å². The van der Waals surface area contributed by atoms with Crippen molar-refractivity contribution >= 4 is 24.4 Å². The largest absolute Gasteiger partial charge is 0.669 e. The molecule has 1 fully saturated rings. The van der Waals surface area contributed by atoms with Gasteiger partial charge in [-0.25, -0.2) is 4.79 Å². The summed E-state index contributed by atoms with van der Waals surface area (Å²) in [6.07, 6.45) is -0.110. The summed E-state index contributed by atoms with van der Waals surface area (Å²) in [6, 6.07) is 2.52. The normalized spacial score (nSPS) is 19.7.